The number of hydrogen-bond donors (Lipinski definition) is 1. The number of rotatable bonds is 8. The molecule has 1 atom stereocenters. The highest BCUT2D eigenvalue weighted by atomic mass is 16.5. The van der Waals surface area contributed by atoms with Crippen LogP contribution in [-0.4, -0.2) is 23.6 Å². The van der Waals surface area contributed by atoms with E-state index >= 15 is 0 Å². The molecule has 0 saturated carbocycles. The summed E-state index contributed by atoms with van der Waals surface area (Å²) in [6, 6.07) is 24.9. The van der Waals surface area contributed by atoms with Crippen molar-refractivity contribution in [3.63, 3.8) is 0 Å². The van der Waals surface area contributed by atoms with Gasteiger partial charge in [0, 0.05) is 23.9 Å². The van der Waals surface area contributed by atoms with Crippen LogP contribution in [-0.2, 0) is 16.1 Å². The molecule has 3 aromatic carbocycles. The smallest absolute Gasteiger partial charge is 0.239 e. The van der Waals surface area contributed by atoms with E-state index in [1.807, 2.05) is 90.4 Å². The van der Waals surface area contributed by atoms with E-state index in [9.17, 15) is 9.59 Å². The summed E-state index contributed by atoms with van der Waals surface area (Å²) in [5.41, 5.74) is 2.67. The van der Waals surface area contributed by atoms with Crippen molar-refractivity contribution in [3.8, 4) is 0 Å². The molecule has 4 aromatic rings. The lowest BCUT2D eigenvalue weighted by Crippen LogP contribution is -2.30. The highest BCUT2D eigenvalue weighted by molar-refractivity contribution is 5.94. The number of carbonyl (C=O) groups excluding carboxylic acids is 1. The van der Waals surface area contributed by atoms with Gasteiger partial charge in [-0.3, -0.25) is 9.59 Å². The number of fused-ring (bicyclic) bond motifs is 2. The number of nitrogens with zero attached hydrogens (tertiary/aromatic N) is 1. The Kier molecular flexibility index (Phi) is 6.43. The largest absolute Gasteiger partial charge is 0.374 e. The first-order valence-electron chi connectivity index (χ1n) is 10.6. The first-order chi connectivity index (χ1) is 15.1. The van der Waals surface area contributed by atoms with Gasteiger partial charge in [-0.2, -0.15) is 0 Å². The lowest BCUT2D eigenvalue weighted by Gasteiger charge is -2.16. The van der Waals surface area contributed by atoms with Crippen molar-refractivity contribution in [1.29, 1.82) is 0 Å². The predicted molar refractivity (Wildman–Crippen MR) is 124 cm³/mol. The molecule has 5 heteroatoms. The summed E-state index contributed by atoms with van der Waals surface area (Å²) in [6.45, 7) is 3.29. The minimum atomic E-state index is -0.0879. The molecule has 0 aliphatic heterocycles. The second kappa shape index (κ2) is 9.58. The predicted octanol–water partition coefficient (Wildman–Crippen LogP) is 4.44. The third-order valence-electron chi connectivity index (χ3n) is 5.46. The van der Waals surface area contributed by atoms with Gasteiger partial charge in [0.1, 0.15) is 6.54 Å². The third-order valence-corrected chi connectivity index (χ3v) is 5.46. The van der Waals surface area contributed by atoms with Crippen LogP contribution >= 0.6 is 0 Å². The van der Waals surface area contributed by atoms with E-state index < -0.39 is 0 Å². The molecule has 0 aliphatic carbocycles. The Hall–Kier alpha value is -3.44. The molecule has 1 aromatic heterocycles. The fraction of sp³-hybridized carbons (Fsp3) is 0.231. The maximum atomic E-state index is 12.8. The van der Waals surface area contributed by atoms with Gasteiger partial charge in [0.15, 0.2) is 5.43 Å². The first-order valence-corrected chi connectivity index (χ1v) is 10.6. The molecule has 0 saturated heterocycles. The van der Waals surface area contributed by atoms with E-state index in [0.717, 1.165) is 23.0 Å². The molecule has 0 fully saturated rings. The molecular weight excluding hydrogens is 388 g/mol. The summed E-state index contributed by atoms with van der Waals surface area (Å²) in [7, 11) is 0. The average molecular weight is 415 g/mol. The molecule has 158 valence electrons. The fourth-order valence-electron chi connectivity index (χ4n) is 3.83. The topological polar surface area (TPSA) is 60.3 Å². The number of nitrogens with one attached hydrogen (secondary N) is 1. The molecule has 1 heterocycles. The molecule has 5 nitrogen and oxygen atoms in total. The molecule has 0 aliphatic rings. The minimum absolute atomic E-state index is 0.00690. The Morgan fingerprint density at radius 2 is 1.48 bits per heavy atom. The van der Waals surface area contributed by atoms with Crippen LogP contribution in [0.25, 0.3) is 21.8 Å². The van der Waals surface area contributed by atoms with Crippen LogP contribution in [0.1, 0.15) is 25.0 Å². The Morgan fingerprint density at radius 3 is 2.13 bits per heavy atom. The standard InChI is InChI=1S/C26H26N2O3/c1-19(20-10-3-2-4-11-20)31-17-9-16-27-25(29)18-28-23-14-7-5-12-21(23)26(30)22-13-6-8-15-24(22)28/h2-8,10-15,19H,9,16-18H2,1H3,(H,27,29)/t19-/m0/s1. The molecule has 0 spiro atoms. The number of benzene rings is 3. The number of pyridine rings is 1. The Morgan fingerprint density at radius 1 is 0.903 bits per heavy atom. The number of carbonyl (C=O) groups is 1. The van der Waals surface area contributed by atoms with Gasteiger partial charge >= 0.3 is 0 Å². The number of hydrogen-bond acceptors (Lipinski definition) is 3. The molecule has 1 amide bonds. The van der Waals surface area contributed by atoms with Gasteiger partial charge in [-0.05, 0) is 43.2 Å². The van der Waals surface area contributed by atoms with E-state index in [-0.39, 0.29) is 24.0 Å². The minimum Gasteiger partial charge on any atom is -0.374 e. The molecule has 0 unspecified atom stereocenters. The normalized spacial score (nSPS) is 12.2. The van der Waals surface area contributed by atoms with E-state index in [2.05, 4.69) is 5.32 Å². The molecule has 4 rings (SSSR count). The highest BCUT2D eigenvalue weighted by Gasteiger charge is 2.12. The van der Waals surface area contributed by atoms with Crippen LogP contribution in [0, 0.1) is 0 Å². The summed E-state index contributed by atoms with van der Waals surface area (Å²) in [4.78, 5) is 25.5. The summed E-state index contributed by atoms with van der Waals surface area (Å²) in [5.74, 6) is -0.0879. The van der Waals surface area contributed by atoms with Gasteiger partial charge in [-0.15, -0.1) is 0 Å². The Balaban J connectivity index is 1.39. The van der Waals surface area contributed by atoms with E-state index in [1.165, 1.54) is 0 Å². The second-order valence-corrected chi connectivity index (χ2v) is 7.58. The molecular formula is C26H26N2O3. The molecule has 31 heavy (non-hydrogen) atoms. The van der Waals surface area contributed by atoms with Gasteiger partial charge in [-0.1, -0.05) is 54.6 Å². The van der Waals surface area contributed by atoms with Crippen molar-refractivity contribution in [3.05, 3.63) is 94.6 Å². The Bertz CT molecular complexity index is 1190. The number of ether oxygens (including phenoxy) is 1. The SMILES string of the molecule is C[C@H](OCCCNC(=O)Cn1c2ccccc2c(=O)c2ccccc21)c1ccccc1. The van der Waals surface area contributed by atoms with Crippen molar-refractivity contribution in [2.45, 2.75) is 26.0 Å². The summed E-state index contributed by atoms with van der Waals surface area (Å²) < 4.78 is 7.78. The summed E-state index contributed by atoms with van der Waals surface area (Å²) in [5, 5.41) is 4.22. The van der Waals surface area contributed by atoms with Gasteiger partial charge < -0.3 is 14.6 Å². The summed E-state index contributed by atoms with van der Waals surface area (Å²) in [6.07, 6.45) is 0.755. The molecule has 0 bridgehead atoms. The van der Waals surface area contributed by atoms with Crippen LogP contribution in [0.4, 0.5) is 0 Å². The van der Waals surface area contributed by atoms with Crippen LogP contribution in [0.3, 0.4) is 0 Å². The van der Waals surface area contributed by atoms with Gasteiger partial charge in [0.05, 0.1) is 17.1 Å². The van der Waals surface area contributed by atoms with Crippen molar-refractivity contribution in [2.24, 2.45) is 0 Å². The van der Waals surface area contributed by atoms with Crippen LogP contribution in [0.15, 0.2) is 83.7 Å². The average Bonchev–Trinajstić information content (AvgIpc) is 2.82. The lowest BCUT2D eigenvalue weighted by atomic mass is 10.1. The lowest BCUT2D eigenvalue weighted by molar-refractivity contribution is -0.121. The maximum Gasteiger partial charge on any atom is 0.239 e. The van der Waals surface area contributed by atoms with E-state index in [4.69, 9.17) is 4.74 Å². The zero-order valence-corrected chi connectivity index (χ0v) is 17.6. The number of aromatic nitrogens is 1. The number of para-hydroxylation sites is 2. The van der Waals surface area contributed by atoms with Crippen molar-refractivity contribution in [1.82, 2.24) is 9.88 Å². The first kappa shape index (κ1) is 20.8. The quantitative estimate of drug-likeness (QED) is 0.343. The fourth-order valence-corrected chi connectivity index (χ4v) is 3.83. The van der Waals surface area contributed by atoms with Crippen molar-refractivity contribution < 1.29 is 9.53 Å². The highest BCUT2D eigenvalue weighted by Crippen LogP contribution is 2.19. The third kappa shape index (κ3) is 4.67. The molecule has 0 radical (unpaired) electrons. The van der Waals surface area contributed by atoms with Gasteiger partial charge in [-0.25, -0.2) is 0 Å². The van der Waals surface area contributed by atoms with E-state index in [1.54, 1.807) is 0 Å². The van der Waals surface area contributed by atoms with Crippen LogP contribution in [0.2, 0.25) is 0 Å². The maximum absolute atomic E-state index is 12.8. The monoisotopic (exact) mass is 414 g/mol. The summed E-state index contributed by atoms with van der Waals surface area (Å²) >= 11 is 0. The Labute approximate surface area is 181 Å². The van der Waals surface area contributed by atoms with Crippen LogP contribution < -0.4 is 10.7 Å². The van der Waals surface area contributed by atoms with Crippen molar-refractivity contribution in [2.75, 3.05) is 13.2 Å². The zero-order valence-electron chi connectivity index (χ0n) is 17.6. The van der Waals surface area contributed by atoms with E-state index in [0.29, 0.717) is 23.9 Å². The number of amides is 1. The van der Waals surface area contributed by atoms with Gasteiger partial charge in [0.25, 0.3) is 0 Å². The second-order valence-electron chi connectivity index (χ2n) is 7.58. The molecule has 1 N–H and O–H groups in total. The van der Waals surface area contributed by atoms with Crippen LogP contribution in [0.5, 0.6) is 0 Å². The van der Waals surface area contributed by atoms with Crippen molar-refractivity contribution >= 4 is 27.7 Å². The zero-order chi connectivity index (χ0) is 21.6. The van der Waals surface area contributed by atoms with Gasteiger partial charge in [0.2, 0.25) is 5.91 Å².